The molecule has 1 aliphatic carbocycles. The van der Waals surface area contributed by atoms with Gasteiger partial charge in [-0.2, -0.15) is 0 Å². The van der Waals surface area contributed by atoms with Gasteiger partial charge in [-0.1, -0.05) is 24.4 Å². The van der Waals surface area contributed by atoms with E-state index in [1.165, 1.54) is 12.8 Å². The number of carbonyl (C=O) groups excluding carboxylic acids is 1. The van der Waals surface area contributed by atoms with Crippen LogP contribution >= 0.6 is 11.6 Å². The second-order valence-corrected chi connectivity index (χ2v) is 6.92. The van der Waals surface area contributed by atoms with E-state index < -0.39 is 5.60 Å². The third kappa shape index (κ3) is 3.55. The first-order valence-electron chi connectivity index (χ1n) is 8.13. The van der Waals surface area contributed by atoms with Crippen LogP contribution in [0.25, 0.3) is 0 Å². The Hall–Kier alpha value is -1.26. The van der Waals surface area contributed by atoms with Crippen molar-refractivity contribution in [1.29, 1.82) is 0 Å². The molecular weight excluding hydrogens is 300 g/mol. The molecule has 120 valence electrons. The van der Waals surface area contributed by atoms with Crippen molar-refractivity contribution in [3.8, 4) is 0 Å². The van der Waals surface area contributed by atoms with E-state index >= 15 is 0 Å². The Morgan fingerprint density at radius 3 is 2.55 bits per heavy atom. The van der Waals surface area contributed by atoms with Gasteiger partial charge in [0.1, 0.15) is 0 Å². The van der Waals surface area contributed by atoms with Crippen LogP contribution in [0.1, 0.15) is 44.9 Å². The van der Waals surface area contributed by atoms with E-state index in [0.717, 1.165) is 44.5 Å². The summed E-state index contributed by atoms with van der Waals surface area (Å²) in [6, 6.07) is 5.65. The summed E-state index contributed by atoms with van der Waals surface area (Å²) in [5.74, 6) is -0.144. The Morgan fingerprint density at radius 2 is 1.91 bits per heavy atom. The molecule has 0 bridgehead atoms. The highest BCUT2D eigenvalue weighted by Crippen LogP contribution is 2.34. The molecule has 3 rings (SSSR count). The summed E-state index contributed by atoms with van der Waals surface area (Å²) in [6.07, 6.45) is 6.00. The van der Waals surface area contributed by atoms with E-state index in [1.807, 2.05) is 12.1 Å². The van der Waals surface area contributed by atoms with Crippen LogP contribution in [0.5, 0.6) is 0 Å². The molecule has 1 saturated carbocycles. The number of halogens is 1. The summed E-state index contributed by atoms with van der Waals surface area (Å²) >= 11 is 6.35. The predicted molar refractivity (Wildman–Crippen MR) is 89.6 cm³/mol. The van der Waals surface area contributed by atoms with Gasteiger partial charge in [0.2, 0.25) is 5.91 Å². The number of hydrogen-bond acceptors (Lipinski definition) is 3. The highest BCUT2D eigenvalue weighted by Gasteiger charge is 2.33. The summed E-state index contributed by atoms with van der Waals surface area (Å²) in [4.78, 5) is 14.4. The van der Waals surface area contributed by atoms with Gasteiger partial charge in [-0.25, -0.2) is 0 Å². The highest BCUT2D eigenvalue weighted by atomic mass is 35.5. The van der Waals surface area contributed by atoms with E-state index in [0.29, 0.717) is 10.7 Å². The van der Waals surface area contributed by atoms with E-state index in [1.54, 1.807) is 6.07 Å². The molecule has 4 nitrogen and oxygen atoms in total. The molecule has 2 N–H and O–H groups in total. The lowest BCUT2D eigenvalue weighted by atomic mass is 9.97. The quantitative estimate of drug-likeness (QED) is 0.891. The highest BCUT2D eigenvalue weighted by molar-refractivity contribution is 6.33. The van der Waals surface area contributed by atoms with Gasteiger partial charge >= 0.3 is 0 Å². The molecule has 2 fully saturated rings. The van der Waals surface area contributed by atoms with Gasteiger partial charge < -0.3 is 15.3 Å². The van der Waals surface area contributed by atoms with E-state index in [9.17, 15) is 9.90 Å². The normalized spacial score (nSPS) is 20.4. The van der Waals surface area contributed by atoms with E-state index in [-0.39, 0.29) is 12.3 Å². The predicted octanol–water partition coefficient (Wildman–Crippen LogP) is 3.57. The van der Waals surface area contributed by atoms with Gasteiger partial charge in [0.05, 0.1) is 22.7 Å². The fraction of sp³-hybridized carbons (Fsp3) is 0.588. The van der Waals surface area contributed by atoms with Gasteiger partial charge in [0.25, 0.3) is 0 Å². The van der Waals surface area contributed by atoms with Crippen molar-refractivity contribution in [2.24, 2.45) is 0 Å². The Balaban J connectivity index is 1.62. The zero-order chi connectivity index (χ0) is 15.6. The number of aliphatic hydroxyl groups is 1. The van der Waals surface area contributed by atoms with Crippen molar-refractivity contribution in [3.05, 3.63) is 23.2 Å². The largest absolute Gasteiger partial charge is 0.389 e. The molecule has 0 unspecified atom stereocenters. The first-order valence-corrected chi connectivity index (χ1v) is 8.50. The lowest BCUT2D eigenvalue weighted by Gasteiger charge is -2.22. The minimum atomic E-state index is -0.816. The van der Waals surface area contributed by atoms with Crippen molar-refractivity contribution in [2.45, 2.75) is 50.5 Å². The monoisotopic (exact) mass is 322 g/mol. The van der Waals surface area contributed by atoms with Gasteiger partial charge in [0.15, 0.2) is 0 Å². The number of hydrogen-bond donors (Lipinski definition) is 2. The Kier molecular flexibility index (Phi) is 4.59. The third-order valence-electron chi connectivity index (χ3n) is 4.70. The third-order valence-corrected chi connectivity index (χ3v) is 5.00. The average Bonchev–Trinajstić information content (AvgIpc) is 3.10. The maximum absolute atomic E-state index is 12.1. The molecule has 1 heterocycles. The minimum absolute atomic E-state index is 0.144. The molecule has 0 radical (unpaired) electrons. The van der Waals surface area contributed by atoms with Crippen LogP contribution < -0.4 is 10.2 Å². The lowest BCUT2D eigenvalue weighted by Crippen LogP contribution is -2.30. The average molecular weight is 323 g/mol. The second kappa shape index (κ2) is 6.47. The van der Waals surface area contributed by atoms with Crippen molar-refractivity contribution in [3.63, 3.8) is 0 Å². The van der Waals surface area contributed by atoms with Gasteiger partial charge in [-0.15, -0.1) is 0 Å². The minimum Gasteiger partial charge on any atom is -0.389 e. The number of anilines is 2. The number of nitrogens with one attached hydrogen (secondary N) is 1. The summed E-state index contributed by atoms with van der Waals surface area (Å²) in [7, 11) is 0. The molecule has 5 heteroatoms. The standard InChI is InChI=1S/C17H23ClN2O2/c18-14-11-13(5-6-15(14)20-9-3-4-10-20)19-16(21)12-17(22)7-1-2-8-17/h5-6,11,22H,1-4,7-10,12H2,(H,19,21). The number of amides is 1. The SMILES string of the molecule is O=C(CC1(O)CCCC1)Nc1ccc(N2CCCC2)c(Cl)c1. The molecule has 0 atom stereocenters. The molecule has 1 amide bonds. The van der Waals surface area contributed by atoms with Crippen molar-refractivity contribution >= 4 is 28.9 Å². The van der Waals surface area contributed by atoms with E-state index in [2.05, 4.69) is 10.2 Å². The Bertz CT molecular complexity index is 550. The van der Waals surface area contributed by atoms with Crippen LogP contribution in [0.3, 0.4) is 0 Å². The fourth-order valence-electron chi connectivity index (χ4n) is 3.51. The first-order chi connectivity index (χ1) is 10.6. The van der Waals surface area contributed by atoms with Crippen LogP contribution in [0.2, 0.25) is 5.02 Å². The van der Waals surface area contributed by atoms with Crippen LogP contribution in [0.15, 0.2) is 18.2 Å². The smallest absolute Gasteiger partial charge is 0.227 e. The van der Waals surface area contributed by atoms with Gasteiger partial charge in [-0.3, -0.25) is 4.79 Å². The van der Waals surface area contributed by atoms with Gasteiger partial charge in [0, 0.05) is 18.8 Å². The summed E-state index contributed by atoms with van der Waals surface area (Å²) in [5, 5.41) is 13.8. The molecule has 2 aliphatic rings. The number of benzene rings is 1. The topological polar surface area (TPSA) is 52.6 Å². The summed E-state index contributed by atoms with van der Waals surface area (Å²) in [5.41, 5.74) is 0.912. The molecule has 1 aromatic carbocycles. The zero-order valence-electron chi connectivity index (χ0n) is 12.8. The van der Waals surface area contributed by atoms with Crippen molar-refractivity contribution in [1.82, 2.24) is 0 Å². The molecule has 0 spiro atoms. The molecule has 1 aromatic rings. The van der Waals surface area contributed by atoms with Crippen LogP contribution in [-0.4, -0.2) is 29.7 Å². The van der Waals surface area contributed by atoms with Crippen LogP contribution in [-0.2, 0) is 4.79 Å². The van der Waals surface area contributed by atoms with Crippen LogP contribution in [0, 0.1) is 0 Å². The molecular formula is C17H23ClN2O2. The maximum atomic E-state index is 12.1. The number of rotatable bonds is 4. The first kappa shape index (κ1) is 15.6. The molecule has 1 aliphatic heterocycles. The van der Waals surface area contributed by atoms with Gasteiger partial charge in [-0.05, 0) is 43.9 Å². The van der Waals surface area contributed by atoms with Crippen LogP contribution in [0.4, 0.5) is 11.4 Å². The molecule has 22 heavy (non-hydrogen) atoms. The fourth-order valence-corrected chi connectivity index (χ4v) is 3.81. The number of nitrogens with zero attached hydrogens (tertiary/aromatic N) is 1. The Morgan fingerprint density at radius 1 is 1.23 bits per heavy atom. The second-order valence-electron chi connectivity index (χ2n) is 6.52. The molecule has 1 saturated heterocycles. The maximum Gasteiger partial charge on any atom is 0.227 e. The van der Waals surface area contributed by atoms with E-state index in [4.69, 9.17) is 11.6 Å². The number of carbonyl (C=O) groups is 1. The van der Waals surface area contributed by atoms with Crippen molar-refractivity contribution < 1.29 is 9.90 Å². The zero-order valence-corrected chi connectivity index (χ0v) is 13.5. The summed E-state index contributed by atoms with van der Waals surface area (Å²) < 4.78 is 0. The Labute approximate surface area is 136 Å². The summed E-state index contributed by atoms with van der Waals surface area (Å²) in [6.45, 7) is 2.08. The van der Waals surface area contributed by atoms with Crippen molar-refractivity contribution in [2.75, 3.05) is 23.3 Å². The molecule has 0 aromatic heterocycles. The lowest BCUT2D eigenvalue weighted by molar-refractivity contribution is -0.120.